The number of β-amino-alcohol motifs (C(OH)–C–C–N with tert-alkyl or cyclic N) is 1. The minimum absolute atomic E-state index is 0.448. The van der Waals surface area contributed by atoms with E-state index >= 15 is 0 Å². The van der Waals surface area contributed by atoms with Gasteiger partial charge in [-0.1, -0.05) is 6.92 Å². The van der Waals surface area contributed by atoms with Gasteiger partial charge >= 0.3 is 0 Å². The van der Waals surface area contributed by atoms with E-state index in [0.717, 1.165) is 45.6 Å². The molecule has 1 aliphatic rings. The molecule has 0 aromatic heterocycles. The second-order valence-corrected chi connectivity index (χ2v) is 4.58. The Morgan fingerprint density at radius 3 is 2.93 bits per heavy atom. The summed E-state index contributed by atoms with van der Waals surface area (Å²) < 4.78 is 0. The fourth-order valence-corrected chi connectivity index (χ4v) is 2.12. The van der Waals surface area contributed by atoms with Crippen molar-refractivity contribution in [1.82, 2.24) is 10.2 Å². The lowest BCUT2D eigenvalue weighted by molar-refractivity contribution is -0.0156. The van der Waals surface area contributed by atoms with Gasteiger partial charge in [0.1, 0.15) is 0 Å². The summed E-state index contributed by atoms with van der Waals surface area (Å²) in [6, 6.07) is 0. The quantitative estimate of drug-likeness (QED) is 0.645. The second kappa shape index (κ2) is 5.69. The molecule has 14 heavy (non-hydrogen) atoms. The fourth-order valence-electron chi connectivity index (χ4n) is 2.12. The molecule has 1 aliphatic heterocycles. The smallest absolute Gasteiger partial charge is 0.0746 e. The maximum Gasteiger partial charge on any atom is 0.0746 e. The van der Waals surface area contributed by atoms with Gasteiger partial charge in [-0.05, 0) is 52.4 Å². The van der Waals surface area contributed by atoms with Crippen molar-refractivity contribution >= 4 is 0 Å². The minimum atomic E-state index is -0.448. The Balaban J connectivity index is 2.12. The summed E-state index contributed by atoms with van der Waals surface area (Å²) >= 11 is 0. The van der Waals surface area contributed by atoms with Gasteiger partial charge in [0.15, 0.2) is 0 Å². The lowest BCUT2D eigenvalue weighted by Crippen LogP contribution is -2.46. The van der Waals surface area contributed by atoms with Crippen molar-refractivity contribution in [2.24, 2.45) is 0 Å². The lowest BCUT2D eigenvalue weighted by atomic mass is 9.95. The number of hydrogen-bond acceptors (Lipinski definition) is 3. The van der Waals surface area contributed by atoms with E-state index in [1.807, 2.05) is 6.92 Å². The van der Waals surface area contributed by atoms with Crippen LogP contribution in [0.3, 0.4) is 0 Å². The zero-order valence-corrected chi connectivity index (χ0v) is 9.55. The monoisotopic (exact) mass is 200 g/mol. The number of hydrogen-bond donors (Lipinski definition) is 2. The zero-order valence-electron chi connectivity index (χ0n) is 9.55. The first kappa shape index (κ1) is 12.0. The first-order valence-corrected chi connectivity index (χ1v) is 5.79. The molecule has 3 heteroatoms. The third kappa shape index (κ3) is 4.40. The van der Waals surface area contributed by atoms with E-state index in [9.17, 15) is 5.11 Å². The van der Waals surface area contributed by atoms with Gasteiger partial charge in [-0.25, -0.2) is 0 Å². The summed E-state index contributed by atoms with van der Waals surface area (Å²) in [4.78, 5) is 2.38. The van der Waals surface area contributed by atoms with Crippen molar-refractivity contribution in [3.05, 3.63) is 0 Å². The molecule has 0 aromatic carbocycles. The van der Waals surface area contributed by atoms with Crippen LogP contribution in [0.15, 0.2) is 0 Å². The summed E-state index contributed by atoms with van der Waals surface area (Å²) in [5.74, 6) is 0. The summed E-state index contributed by atoms with van der Waals surface area (Å²) in [5.41, 5.74) is -0.448. The molecule has 0 aromatic rings. The third-order valence-electron chi connectivity index (χ3n) is 2.83. The van der Waals surface area contributed by atoms with E-state index in [1.165, 1.54) is 6.42 Å². The summed E-state index contributed by atoms with van der Waals surface area (Å²) in [7, 11) is 0. The van der Waals surface area contributed by atoms with E-state index in [0.29, 0.717) is 0 Å². The highest BCUT2D eigenvalue weighted by atomic mass is 16.3. The SMILES string of the molecule is CCNCCCN1CCCC(C)(O)C1. The van der Waals surface area contributed by atoms with Crippen LogP contribution in [-0.4, -0.2) is 48.3 Å². The van der Waals surface area contributed by atoms with Gasteiger partial charge in [-0.3, -0.25) is 0 Å². The second-order valence-electron chi connectivity index (χ2n) is 4.58. The standard InChI is InChI=1S/C11H24N2O/c1-3-12-7-5-9-13-8-4-6-11(2,14)10-13/h12,14H,3-10H2,1-2H3. The van der Waals surface area contributed by atoms with Crippen LogP contribution >= 0.6 is 0 Å². The maximum atomic E-state index is 9.89. The van der Waals surface area contributed by atoms with Gasteiger partial charge < -0.3 is 15.3 Å². The molecule has 3 nitrogen and oxygen atoms in total. The van der Waals surface area contributed by atoms with Crippen LogP contribution in [0.25, 0.3) is 0 Å². The predicted octanol–water partition coefficient (Wildman–Crippen LogP) is 0.833. The summed E-state index contributed by atoms with van der Waals surface area (Å²) in [6.07, 6.45) is 3.27. The van der Waals surface area contributed by atoms with Crippen LogP contribution < -0.4 is 5.32 Å². The molecule has 2 N–H and O–H groups in total. The molecule has 0 aliphatic carbocycles. The van der Waals surface area contributed by atoms with E-state index < -0.39 is 5.60 Å². The first-order valence-electron chi connectivity index (χ1n) is 5.79. The Kier molecular flexibility index (Phi) is 4.85. The van der Waals surface area contributed by atoms with Crippen LogP contribution in [0, 0.1) is 0 Å². The van der Waals surface area contributed by atoms with Crippen molar-refractivity contribution < 1.29 is 5.11 Å². The van der Waals surface area contributed by atoms with E-state index in [2.05, 4.69) is 17.1 Å². The molecule has 0 bridgehead atoms. The largest absolute Gasteiger partial charge is 0.389 e. The van der Waals surface area contributed by atoms with E-state index in [4.69, 9.17) is 0 Å². The van der Waals surface area contributed by atoms with Gasteiger partial charge in [0.2, 0.25) is 0 Å². The van der Waals surface area contributed by atoms with Crippen molar-refractivity contribution in [3.8, 4) is 0 Å². The zero-order chi connectivity index (χ0) is 10.4. The Hall–Kier alpha value is -0.120. The molecule has 0 radical (unpaired) electrons. The van der Waals surface area contributed by atoms with Crippen molar-refractivity contribution in [3.63, 3.8) is 0 Å². The van der Waals surface area contributed by atoms with Crippen molar-refractivity contribution in [1.29, 1.82) is 0 Å². The summed E-state index contributed by atoms with van der Waals surface area (Å²) in [5, 5.41) is 13.2. The molecule has 1 unspecified atom stereocenters. The van der Waals surface area contributed by atoms with Crippen LogP contribution in [0.5, 0.6) is 0 Å². The van der Waals surface area contributed by atoms with Crippen LogP contribution in [0.2, 0.25) is 0 Å². The number of rotatable bonds is 5. The predicted molar refractivity (Wildman–Crippen MR) is 59.5 cm³/mol. The molecular weight excluding hydrogens is 176 g/mol. The Labute approximate surface area is 87.5 Å². The highest BCUT2D eigenvalue weighted by Crippen LogP contribution is 2.19. The number of nitrogens with zero attached hydrogens (tertiary/aromatic N) is 1. The molecule has 1 saturated heterocycles. The molecule has 1 atom stereocenters. The van der Waals surface area contributed by atoms with Gasteiger partial charge in [0.05, 0.1) is 5.60 Å². The van der Waals surface area contributed by atoms with Gasteiger partial charge in [-0.15, -0.1) is 0 Å². The normalized spacial score (nSPS) is 29.4. The van der Waals surface area contributed by atoms with Crippen molar-refractivity contribution in [2.45, 2.75) is 38.7 Å². The molecule has 1 rings (SSSR count). The summed E-state index contributed by atoms with van der Waals surface area (Å²) in [6.45, 7) is 9.34. The fraction of sp³-hybridized carbons (Fsp3) is 1.00. The number of nitrogens with one attached hydrogen (secondary N) is 1. The maximum absolute atomic E-state index is 9.89. The van der Waals surface area contributed by atoms with Gasteiger partial charge in [0, 0.05) is 6.54 Å². The number of aliphatic hydroxyl groups is 1. The van der Waals surface area contributed by atoms with Crippen molar-refractivity contribution in [2.75, 3.05) is 32.7 Å². The average molecular weight is 200 g/mol. The highest BCUT2D eigenvalue weighted by Gasteiger charge is 2.27. The Bertz CT molecular complexity index is 159. The molecule has 1 fully saturated rings. The molecule has 0 amide bonds. The highest BCUT2D eigenvalue weighted by molar-refractivity contribution is 4.82. The Morgan fingerprint density at radius 1 is 1.50 bits per heavy atom. The molecule has 84 valence electrons. The molecule has 1 heterocycles. The van der Waals surface area contributed by atoms with Crippen LogP contribution in [-0.2, 0) is 0 Å². The minimum Gasteiger partial charge on any atom is -0.389 e. The first-order chi connectivity index (χ1) is 6.64. The van der Waals surface area contributed by atoms with Crippen LogP contribution in [0.1, 0.15) is 33.1 Å². The van der Waals surface area contributed by atoms with E-state index in [-0.39, 0.29) is 0 Å². The van der Waals surface area contributed by atoms with Gasteiger partial charge in [0.25, 0.3) is 0 Å². The van der Waals surface area contributed by atoms with Crippen LogP contribution in [0.4, 0.5) is 0 Å². The van der Waals surface area contributed by atoms with Gasteiger partial charge in [-0.2, -0.15) is 0 Å². The number of piperidine rings is 1. The number of likely N-dealkylation sites (tertiary alicyclic amines) is 1. The van der Waals surface area contributed by atoms with E-state index in [1.54, 1.807) is 0 Å². The topological polar surface area (TPSA) is 35.5 Å². The molecular formula is C11H24N2O. The molecule has 0 spiro atoms. The lowest BCUT2D eigenvalue weighted by Gasteiger charge is -2.36. The average Bonchev–Trinajstić information content (AvgIpc) is 2.11. The third-order valence-corrected chi connectivity index (χ3v) is 2.83. The molecule has 0 saturated carbocycles. The Morgan fingerprint density at radius 2 is 2.29 bits per heavy atom.